The predicted octanol–water partition coefficient (Wildman–Crippen LogP) is 1.01. The number of hydrogen-bond donors (Lipinski definition) is 4. The number of nitrogens with one attached hydrogen (secondary N) is 4. The van der Waals surface area contributed by atoms with Gasteiger partial charge in [-0.05, 0) is 31.3 Å². The lowest BCUT2D eigenvalue weighted by Crippen LogP contribution is -2.48. The monoisotopic (exact) mass is 277 g/mol. The number of thiocarbonyl (C=S) groups is 1. The molecule has 0 saturated heterocycles. The van der Waals surface area contributed by atoms with Gasteiger partial charge in [0.15, 0.2) is 5.11 Å². The largest absolute Gasteiger partial charge is 0.366 e. The van der Waals surface area contributed by atoms with Crippen LogP contribution >= 0.6 is 12.2 Å². The average Bonchev–Trinajstić information content (AvgIpc) is 2.40. The Morgan fingerprint density at radius 2 is 2.05 bits per heavy atom. The molecule has 7 heteroatoms. The van der Waals surface area contributed by atoms with Crippen LogP contribution in [0.15, 0.2) is 29.4 Å². The van der Waals surface area contributed by atoms with Gasteiger partial charge in [-0.1, -0.05) is 12.1 Å². The second-order valence-electron chi connectivity index (χ2n) is 4.09. The van der Waals surface area contributed by atoms with Crippen molar-refractivity contribution in [1.82, 2.24) is 16.1 Å². The van der Waals surface area contributed by atoms with E-state index >= 15 is 0 Å². The average molecular weight is 277 g/mol. The number of nitrogens with zero attached hydrogens (tertiary/aromatic N) is 1. The smallest absolute Gasteiger partial charge is 0.335 e. The van der Waals surface area contributed by atoms with E-state index < -0.39 is 0 Å². The third-order valence-electron chi connectivity index (χ3n) is 2.70. The molecule has 0 saturated carbocycles. The van der Waals surface area contributed by atoms with Gasteiger partial charge in [-0.3, -0.25) is 0 Å². The van der Waals surface area contributed by atoms with Gasteiger partial charge in [-0.25, -0.2) is 10.2 Å². The third-order valence-corrected chi connectivity index (χ3v) is 3.01. The van der Waals surface area contributed by atoms with Crippen LogP contribution in [0, 0.1) is 0 Å². The van der Waals surface area contributed by atoms with Crippen molar-refractivity contribution in [3.8, 4) is 0 Å². The molecule has 1 atom stereocenters. The van der Waals surface area contributed by atoms with Crippen LogP contribution < -0.4 is 21.4 Å². The quantitative estimate of drug-likeness (QED) is 0.608. The van der Waals surface area contributed by atoms with Crippen molar-refractivity contribution in [1.29, 1.82) is 0 Å². The zero-order valence-corrected chi connectivity index (χ0v) is 11.5. The van der Waals surface area contributed by atoms with Crippen molar-refractivity contribution < 1.29 is 4.79 Å². The van der Waals surface area contributed by atoms with Crippen molar-refractivity contribution in [2.75, 3.05) is 12.4 Å². The summed E-state index contributed by atoms with van der Waals surface area (Å²) < 4.78 is 0. The molecule has 100 valence electrons. The van der Waals surface area contributed by atoms with Crippen LogP contribution in [0.4, 0.5) is 10.5 Å². The summed E-state index contributed by atoms with van der Waals surface area (Å²) >= 11 is 5.02. The Morgan fingerprint density at radius 1 is 1.37 bits per heavy atom. The van der Waals surface area contributed by atoms with Gasteiger partial charge in [0.05, 0.1) is 11.8 Å². The van der Waals surface area contributed by atoms with Gasteiger partial charge in [-0.2, -0.15) is 5.10 Å². The first kappa shape index (κ1) is 13.3. The molecular weight excluding hydrogens is 262 g/mol. The topological polar surface area (TPSA) is 77.6 Å². The molecule has 1 heterocycles. The van der Waals surface area contributed by atoms with Gasteiger partial charge in [-0.15, -0.1) is 0 Å². The molecule has 19 heavy (non-hydrogen) atoms. The molecule has 0 fully saturated rings. The van der Waals surface area contributed by atoms with Crippen LogP contribution in [-0.2, 0) is 0 Å². The minimum absolute atomic E-state index is 0.119. The summed E-state index contributed by atoms with van der Waals surface area (Å²) in [5.74, 6) is 0. The number of hydrazone groups is 1. The highest BCUT2D eigenvalue weighted by atomic mass is 32.1. The maximum Gasteiger partial charge on any atom is 0.335 e. The first-order valence-corrected chi connectivity index (χ1v) is 6.24. The summed E-state index contributed by atoms with van der Waals surface area (Å²) in [4.78, 5) is 11.1. The van der Waals surface area contributed by atoms with E-state index in [1.165, 1.54) is 0 Å². The van der Waals surface area contributed by atoms with Gasteiger partial charge in [0.1, 0.15) is 0 Å². The Kier molecular flexibility index (Phi) is 3.96. The molecule has 4 N–H and O–H groups in total. The molecule has 0 bridgehead atoms. The van der Waals surface area contributed by atoms with Crippen LogP contribution in [0.25, 0.3) is 0 Å². The summed E-state index contributed by atoms with van der Waals surface area (Å²) in [6.07, 6.45) is 0. The van der Waals surface area contributed by atoms with Gasteiger partial charge >= 0.3 is 6.03 Å². The summed E-state index contributed by atoms with van der Waals surface area (Å²) in [7, 11) is 1.76. The van der Waals surface area contributed by atoms with Crippen LogP contribution in [0.3, 0.4) is 0 Å². The zero-order valence-electron chi connectivity index (χ0n) is 10.7. The molecule has 0 aliphatic carbocycles. The summed E-state index contributed by atoms with van der Waals surface area (Å²) in [5.41, 5.74) is 5.04. The lowest BCUT2D eigenvalue weighted by atomic mass is 10.0. The molecule has 0 aromatic heterocycles. The SMILES string of the molecule is CNC(=S)Nc1ccc(C2=NNC(=O)NC2C)cc1. The molecule has 1 aromatic rings. The van der Waals surface area contributed by atoms with E-state index in [1.54, 1.807) is 7.05 Å². The first-order valence-electron chi connectivity index (χ1n) is 5.83. The number of urea groups is 1. The predicted molar refractivity (Wildman–Crippen MR) is 79.4 cm³/mol. The fourth-order valence-corrected chi connectivity index (χ4v) is 1.86. The highest BCUT2D eigenvalue weighted by molar-refractivity contribution is 7.80. The normalized spacial score (nSPS) is 17.9. The van der Waals surface area contributed by atoms with Crippen LogP contribution in [0.5, 0.6) is 0 Å². The lowest BCUT2D eigenvalue weighted by Gasteiger charge is -2.21. The number of carbonyl (C=O) groups is 1. The third kappa shape index (κ3) is 3.19. The van der Waals surface area contributed by atoms with Crippen molar-refractivity contribution in [3.63, 3.8) is 0 Å². The molecule has 2 amide bonds. The van der Waals surface area contributed by atoms with Gasteiger partial charge in [0, 0.05) is 18.3 Å². The molecule has 1 unspecified atom stereocenters. The van der Waals surface area contributed by atoms with Crippen LogP contribution in [0.1, 0.15) is 12.5 Å². The van der Waals surface area contributed by atoms with E-state index in [0.717, 1.165) is 17.0 Å². The number of hydrogen-bond acceptors (Lipinski definition) is 3. The van der Waals surface area contributed by atoms with Gasteiger partial charge in [0.2, 0.25) is 0 Å². The Hall–Kier alpha value is -2.15. The van der Waals surface area contributed by atoms with Gasteiger partial charge < -0.3 is 16.0 Å². The van der Waals surface area contributed by atoms with Crippen LogP contribution in [0.2, 0.25) is 0 Å². The fourth-order valence-electron chi connectivity index (χ4n) is 1.74. The molecular formula is C12H15N5OS. The van der Waals surface area contributed by atoms with E-state index in [4.69, 9.17) is 12.2 Å². The Morgan fingerprint density at radius 3 is 2.63 bits per heavy atom. The number of rotatable bonds is 2. The second kappa shape index (κ2) is 5.66. The summed E-state index contributed by atoms with van der Waals surface area (Å²) in [6, 6.07) is 7.26. The second-order valence-corrected chi connectivity index (χ2v) is 4.49. The summed E-state index contributed by atoms with van der Waals surface area (Å²) in [6.45, 7) is 1.89. The standard InChI is InChI=1S/C12H15N5OS/c1-7-10(16-17-11(18)14-7)8-3-5-9(6-4-8)15-12(19)13-2/h3-7H,1-2H3,(H2,13,15,19)(H2,14,17,18). The van der Waals surface area contributed by atoms with Crippen molar-refractivity contribution >= 4 is 34.8 Å². The van der Waals surface area contributed by atoms with E-state index in [-0.39, 0.29) is 12.1 Å². The number of carbonyl (C=O) groups excluding carboxylic acids is 1. The van der Waals surface area contributed by atoms with E-state index in [9.17, 15) is 4.79 Å². The molecule has 1 aromatic carbocycles. The molecule has 0 radical (unpaired) electrons. The first-order chi connectivity index (χ1) is 9.10. The maximum atomic E-state index is 11.1. The van der Waals surface area contributed by atoms with Crippen molar-refractivity contribution in [2.45, 2.75) is 13.0 Å². The molecule has 6 nitrogen and oxygen atoms in total. The highest BCUT2D eigenvalue weighted by Crippen LogP contribution is 2.12. The number of amides is 2. The molecule has 1 aliphatic heterocycles. The number of anilines is 1. The molecule has 0 spiro atoms. The van der Waals surface area contributed by atoms with Crippen LogP contribution in [-0.4, -0.2) is 29.9 Å². The highest BCUT2D eigenvalue weighted by Gasteiger charge is 2.19. The zero-order chi connectivity index (χ0) is 13.8. The Balaban J connectivity index is 2.14. The minimum atomic E-state index is -0.283. The molecule has 2 rings (SSSR count). The van der Waals surface area contributed by atoms with E-state index in [2.05, 4.69) is 26.5 Å². The fraction of sp³-hybridized carbons (Fsp3) is 0.250. The number of benzene rings is 1. The van der Waals surface area contributed by atoms with Crippen molar-refractivity contribution in [2.24, 2.45) is 5.10 Å². The Labute approximate surface area is 116 Å². The molecule has 1 aliphatic rings. The van der Waals surface area contributed by atoms with E-state index in [1.807, 2.05) is 31.2 Å². The van der Waals surface area contributed by atoms with Gasteiger partial charge in [0.25, 0.3) is 0 Å². The van der Waals surface area contributed by atoms with E-state index in [0.29, 0.717) is 5.11 Å². The summed E-state index contributed by atoms with van der Waals surface area (Å²) in [5, 5.41) is 13.3. The maximum absolute atomic E-state index is 11.1. The lowest BCUT2D eigenvalue weighted by molar-refractivity contribution is 0.239. The Bertz CT molecular complexity index is 525. The van der Waals surface area contributed by atoms with Crippen molar-refractivity contribution in [3.05, 3.63) is 29.8 Å². The minimum Gasteiger partial charge on any atom is -0.366 e.